The molecule has 0 saturated carbocycles. The number of nitrogens with zero attached hydrogens (tertiary/aromatic N) is 4. The standard InChI is InChI=1S/C17H17ClN4O2S/c1-21-9-14(18)16(20-21)17-15(12-5-3-2-4-6-12)19-11-22(17)13-7-8-25(23,24)10-13/h2-6,9,11,13H,7-8,10H2,1H3. The van der Waals surface area contributed by atoms with E-state index in [1.165, 1.54) is 0 Å². The molecule has 1 aromatic carbocycles. The van der Waals surface area contributed by atoms with E-state index in [-0.39, 0.29) is 17.5 Å². The number of imidazole rings is 1. The maximum atomic E-state index is 11.9. The topological polar surface area (TPSA) is 69.8 Å². The monoisotopic (exact) mass is 376 g/mol. The normalized spacial score (nSPS) is 19.4. The Bertz CT molecular complexity index is 1020. The first-order valence-corrected chi connectivity index (χ1v) is 10.2. The van der Waals surface area contributed by atoms with Crippen LogP contribution in [0.1, 0.15) is 12.5 Å². The average Bonchev–Trinajstić information content (AvgIpc) is 3.24. The van der Waals surface area contributed by atoms with E-state index in [2.05, 4.69) is 10.1 Å². The fourth-order valence-electron chi connectivity index (χ4n) is 3.29. The average molecular weight is 377 g/mol. The summed E-state index contributed by atoms with van der Waals surface area (Å²) in [4.78, 5) is 4.57. The van der Waals surface area contributed by atoms with Gasteiger partial charge in [0.25, 0.3) is 0 Å². The van der Waals surface area contributed by atoms with E-state index in [0.717, 1.165) is 17.0 Å². The second-order valence-corrected chi connectivity index (χ2v) is 8.91. The third-order valence-corrected chi connectivity index (χ3v) is 6.48. The molecule has 0 radical (unpaired) electrons. The third kappa shape index (κ3) is 2.98. The molecule has 4 rings (SSSR count). The van der Waals surface area contributed by atoms with Crippen LogP contribution in [0.5, 0.6) is 0 Å². The molecule has 0 amide bonds. The number of rotatable bonds is 3. The second kappa shape index (κ2) is 6.00. The smallest absolute Gasteiger partial charge is 0.152 e. The van der Waals surface area contributed by atoms with Crippen LogP contribution in [0.15, 0.2) is 42.9 Å². The summed E-state index contributed by atoms with van der Waals surface area (Å²) < 4.78 is 27.4. The van der Waals surface area contributed by atoms with Crippen molar-refractivity contribution in [2.45, 2.75) is 12.5 Å². The lowest BCUT2D eigenvalue weighted by molar-refractivity contribution is 0.558. The Balaban J connectivity index is 1.91. The van der Waals surface area contributed by atoms with Gasteiger partial charge in [-0.1, -0.05) is 41.9 Å². The Labute approximate surface area is 151 Å². The molecule has 0 bridgehead atoms. The summed E-state index contributed by atoms with van der Waals surface area (Å²) in [5, 5.41) is 5.00. The quantitative estimate of drug-likeness (QED) is 0.704. The molecule has 1 aliphatic heterocycles. The Kier molecular flexibility index (Phi) is 3.92. The van der Waals surface area contributed by atoms with E-state index in [1.54, 1.807) is 24.3 Å². The van der Waals surface area contributed by atoms with Crippen LogP contribution in [0.3, 0.4) is 0 Å². The van der Waals surface area contributed by atoms with Crippen molar-refractivity contribution in [1.82, 2.24) is 19.3 Å². The van der Waals surface area contributed by atoms with E-state index in [9.17, 15) is 8.42 Å². The van der Waals surface area contributed by atoms with Crippen molar-refractivity contribution < 1.29 is 8.42 Å². The lowest BCUT2D eigenvalue weighted by Gasteiger charge is -2.14. The summed E-state index contributed by atoms with van der Waals surface area (Å²) in [5.41, 5.74) is 3.08. The van der Waals surface area contributed by atoms with Crippen LogP contribution in [-0.2, 0) is 16.9 Å². The highest BCUT2D eigenvalue weighted by molar-refractivity contribution is 7.91. The fraction of sp³-hybridized carbons (Fsp3) is 0.294. The van der Waals surface area contributed by atoms with Gasteiger partial charge in [0, 0.05) is 18.8 Å². The van der Waals surface area contributed by atoms with E-state index < -0.39 is 9.84 Å². The van der Waals surface area contributed by atoms with Crippen molar-refractivity contribution >= 4 is 21.4 Å². The summed E-state index contributed by atoms with van der Waals surface area (Å²) in [6.45, 7) is 0. The molecule has 0 spiro atoms. The van der Waals surface area contributed by atoms with Gasteiger partial charge in [0.2, 0.25) is 0 Å². The zero-order valence-electron chi connectivity index (χ0n) is 13.6. The van der Waals surface area contributed by atoms with E-state index in [4.69, 9.17) is 11.6 Å². The molecule has 3 heterocycles. The summed E-state index contributed by atoms with van der Waals surface area (Å²) in [5.74, 6) is 0.320. The molecule has 130 valence electrons. The predicted octanol–water partition coefficient (Wildman–Crippen LogP) is 2.96. The van der Waals surface area contributed by atoms with E-state index in [0.29, 0.717) is 17.1 Å². The summed E-state index contributed by atoms with van der Waals surface area (Å²) >= 11 is 6.39. The minimum absolute atomic E-state index is 0.120. The molecule has 1 atom stereocenters. The highest BCUT2D eigenvalue weighted by atomic mass is 35.5. The van der Waals surface area contributed by atoms with Crippen LogP contribution in [0.25, 0.3) is 22.6 Å². The minimum Gasteiger partial charge on any atom is -0.325 e. The SMILES string of the molecule is Cn1cc(Cl)c(-c2c(-c3ccccc3)ncn2C2CCS(=O)(=O)C2)n1. The van der Waals surface area contributed by atoms with Gasteiger partial charge in [-0.15, -0.1) is 0 Å². The Morgan fingerprint density at radius 1 is 1.20 bits per heavy atom. The van der Waals surface area contributed by atoms with Crippen molar-refractivity contribution in [3.05, 3.63) is 47.9 Å². The molecule has 1 aliphatic rings. The molecule has 1 saturated heterocycles. The van der Waals surface area contributed by atoms with Gasteiger partial charge in [0.1, 0.15) is 5.69 Å². The molecule has 25 heavy (non-hydrogen) atoms. The molecule has 1 unspecified atom stereocenters. The summed E-state index contributed by atoms with van der Waals surface area (Å²) in [6, 6.07) is 9.62. The van der Waals surface area contributed by atoms with E-state index >= 15 is 0 Å². The van der Waals surface area contributed by atoms with Crippen LogP contribution in [0, 0.1) is 0 Å². The maximum Gasteiger partial charge on any atom is 0.152 e. The van der Waals surface area contributed by atoms with Crippen molar-refractivity contribution in [3.63, 3.8) is 0 Å². The van der Waals surface area contributed by atoms with Gasteiger partial charge in [-0.25, -0.2) is 13.4 Å². The molecular formula is C17H17ClN4O2S. The number of sulfone groups is 1. The first kappa shape index (κ1) is 16.4. The van der Waals surface area contributed by atoms with Crippen molar-refractivity contribution in [2.75, 3.05) is 11.5 Å². The Morgan fingerprint density at radius 2 is 1.96 bits per heavy atom. The molecule has 3 aromatic rings. The largest absolute Gasteiger partial charge is 0.325 e. The fourth-order valence-corrected chi connectivity index (χ4v) is 5.27. The van der Waals surface area contributed by atoms with Gasteiger partial charge in [-0.2, -0.15) is 5.10 Å². The Hall–Kier alpha value is -2.12. The van der Waals surface area contributed by atoms with Crippen molar-refractivity contribution in [2.24, 2.45) is 7.05 Å². The first-order chi connectivity index (χ1) is 11.9. The zero-order valence-corrected chi connectivity index (χ0v) is 15.2. The van der Waals surface area contributed by atoms with Crippen LogP contribution in [0.2, 0.25) is 5.02 Å². The number of hydrogen-bond donors (Lipinski definition) is 0. The number of halogens is 1. The lowest BCUT2D eigenvalue weighted by atomic mass is 10.1. The van der Waals surface area contributed by atoms with Gasteiger partial charge < -0.3 is 4.57 Å². The predicted molar refractivity (Wildman–Crippen MR) is 97.2 cm³/mol. The van der Waals surface area contributed by atoms with Gasteiger partial charge >= 0.3 is 0 Å². The van der Waals surface area contributed by atoms with Crippen LogP contribution >= 0.6 is 11.6 Å². The Morgan fingerprint density at radius 3 is 2.56 bits per heavy atom. The van der Waals surface area contributed by atoms with Gasteiger partial charge in [0.15, 0.2) is 9.84 Å². The van der Waals surface area contributed by atoms with Gasteiger partial charge in [-0.05, 0) is 6.42 Å². The van der Waals surface area contributed by atoms with Gasteiger partial charge in [0.05, 0.1) is 40.3 Å². The second-order valence-electron chi connectivity index (χ2n) is 6.27. The summed E-state index contributed by atoms with van der Waals surface area (Å²) in [7, 11) is -1.21. The molecule has 0 aliphatic carbocycles. The maximum absolute atomic E-state index is 11.9. The summed E-state index contributed by atoms with van der Waals surface area (Å²) in [6.07, 6.45) is 4.01. The molecule has 1 fully saturated rings. The third-order valence-electron chi connectivity index (χ3n) is 4.45. The number of aromatic nitrogens is 4. The number of hydrogen-bond acceptors (Lipinski definition) is 4. The van der Waals surface area contributed by atoms with Crippen LogP contribution in [0.4, 0.5) is 0 Å². The van der Waals surface area contributed by atoms with E-state index in [1.807, 2.05) is 34.9 Å². The highest BCUT2D eigenvalue weighted by Crippen LogP contribution is 2.38. The van der Waals surface area contributed by atoms with Crippen molar-refractivity contribution in [1.29, 1.82) is 0 Å². The first-order valence-electron chi connectivity index (χ1n) is 7.97. The lowest BCUT2D eigenvalue weighted by Crippen LogP contribution is -2.11. The van der Waals surface area contributed by atoms with Crippen molar-refractivity contribution in [3.8, 4) is 22.6 Å². The minimum atomic E-state index is -3.01. The molecule has 0 N–H and O–H groups in total. The molecule has 6 nitrogen and oxygen atoms in total. The highest BCUT2D eigenvalue weighted by Gasteiger charge is 2.32. The van der Waals surface area contributed by atoms with Crippen LogP contribution in [-0.4, -0.2) is 39.3 Å². The number of aryl methyl sites for hydroxylation is 1. The molecule has 8 heteroatoms. The zero-order chi connectivity index (χ0) is 17.6. The molecular weight excluding hydrogens is 360 g/mol. The van der Waals surface area contributed by atoms with Gasteiger partial charge in [-0.3, -0.25) is 4.68 Å². The number of benzene rings is 1. The molecule has 2 aromatic heterocycles. The van der Waals surface area contributed by atoms with Crippen LogP contribution < -0.4 is 0 Å².